The van der Waals surface area contributed by atoms with Crippen LogP contribution in [-0.4, -0.2) is 58.3 Å². The maximum atomic E-state index is 11.3. The lowest BCUT2D eigenvalue weighted by molar-refractivity contribution is -0.131. The molecule has 0 spiro atoms. The van der Waals surface area contributed by atoms with E-state index in [0.717, 1.165) is 18.1 Å². The fraction of sp³-hybridized carbons (Fsp3) is 0.625. The van der Waals surface area contributed by atoms with Crippen molar-refractivity contribution < 1.29 is 32.3 Å². The van der Waals surface area contributed by atoms with E-state index in [1.807, 2.05) is 6.07 Å². The fourth-order valence-corrected chi connectivity index (χ4v) is 13.0. The Labute approximate surface area is 209 Å². The van der Waals surface area contributed by atoms with Crippen LogP contribution in [0.25, 0.3) is 6.08 Å². The summed E-state index contributed by atoms with van der Waals surface area (Å²) in [6.45, 7) is 19.7. The minimum Gasteiger partial charge on any atom is -0.492 e. The largest absolute Gasteiger partial charge is 0.492 e. The number of ether oxygens (including phenoxy) is 3. The zero-order valence-corrected chi connectivity index (χ0v) is 26.1. The molecule has 0 saturated heterocycles. The molecule has 0 aliphatic heterocycles. The SMILES string of the molecule is COc1c(C=CC(=O)O)cc(C(C)(CC(C)C)[SiH](O[Si](C)(C)C)O[Si](C)(C)C)c(OC)c1OC. The summed E-state index contributed by atoms with van der Waals surface area (Å²) in [7, 11) is -1.56. The summed E-state index contributed by atoms with van der Waals surface area (Å²) in [6, 6.07) is 1.95. The molecule has 1 unspecified atom stereocenters. The third-order valence-electron chi connectivity index (χ3n) is 5.13. The van der Waals surface area contributed by atoms with Crippen LogP contribution in [0.3, 0.4) is 0 Å². The number of rotatable bonds is 13. The molecule has 1 aromatic carbocycles. The van der Waals surface area contributed by atoms with Gasteiger partial charge in [-0.2, -0.15) is 0 Å². The highest BCUT2D eigenvalue weighted by atomic mass is 28.4. The molecule has 1 aromatic rings. The molecule has 10 heteroatoms. The van der Waals surface area contributed by atoms with E-state index in [4.69, 9.17) is 22.4 Å². The van der Waals surface area contributed by atoms with Crippen LogP contribution < -0.4 is 14.2 Å². The van der Waals surface area contributed by atoms with E-state index in [1.165, 1.54) is 13.2 Å². The van der Waals surface area contributed by atoms with Crippen LogP contribution in [0.5, 0.6) is 17.2 Å². The second-order valence-corrected chi connectivity index (χ2v) is 23.4. The molecule has 1 atom stereocenters. The molecule has 0 aromatic heterocycles. The van der Waals surface area contributed by atoms with Gasteiger partial charge >= 0.3 is 15.3 Å². The summed E-state index contributed by atoms with van der Waals surface area (Å²) < 4.78 is 31.0. The van der Waals surface area contributed by atoms with Crippen molar-refractivity contribution >= 4 is 38.0 Å². The van der Waals surface area contributed by atoms with Gasteiger partial charge in [-0.15, -0.1) is 0 Å². The van der Waals surface area contributed by atoms with Crippen LogP contribution in [0.2, 0.25) is 39.3 Å². The molecule has 0 saturated carbocycles. The van der Waals surface area contributed by atoms with E-state index in [9.17, 15) is 9.90 Å². The normalized spacial score (nSPS) is 14.5. The van der Waals surface area contributed by atoms with Gasteiger partial charge in [0, 0.05) is 22.2 Å². The predicted octanol–water partition coefficient (Wildman–Crippen LogP) is 5.58. The van der Waals surface area contributed by atoms with Gasteiger partial charge in [-0.25, -0.2) is 4.79 Å². The van der Waals surface area contributed by atoms with Crippen LogP contribution in [0.15, 0.2) is 12.1 Å². The standard InChI is InChI=1S/C24H44O7Si3/c1-17(2)16-24(3,32(30-33(7,8)9)31-34(10,11)12)19-15-18(13-14-20(25)26)21(27-4)23(29-6)22(19)28-5/h13-15,17,32H,16H2,1-12H3,(H,25,26). The number of hydrogen-bond acceptors (Lipinski definition) is 6. The average molecular weight is 529 g/mol. The zero-order chi connectivity index (χ0) is 26.5. The molecule has 0 amide bonds. The van der Waals surface area contributed by atoms with Crippen molar-refractivity contribution in [3.05, 3.63) is 23.3 Å². The molecule has 0 aliphatic rings. The highest BCUT2D eigenvalue weighted by Crippen LogP contribution is 2.50. The molecule has 0 aliphatic carbocycles. The fourth-order valence-electron chi connectivity index (χ4n) is 4.06. The molecule has 194 valence electrons. The Bertz CT molecular complexity index is 857. The monoisotopic (exact) mass is 528 g/mol. The molecule has 0 bridgehead atoms. The van der Waals surface area contributed by atoms with Gasteiger partial charge in [-0.05, 0) is 63.8 Å². The number of carboxylic acids is 1. The van der Waals surface area contributed by atoms with Crippen LogP contribution in [-0.2, 0) is 18.1 Å². The van der Waals surface area contributed by atoms with Gasteiger partial charge in [-0.1, -0.05) is 20.8 Å². The quantitative estimate of drug-likeness (QED) is 0.264. The smallest absolute Gasteiger partial charge is 0.328 e. The van der Waals surface area contributed by atoms with E-state index in [-0.39, 0.29) is 0 Å². The topological polar surface area (TPSA) is 83.5 Å². The van der Waals surface area contributed by atoms with Gasteiger partial charge in [-0.3, -0.25) is 0 Å². The first-order chi connectivity index (χ1) is 15.5. The van der Waals surface area contributed by atoms with E-state index >= 15 is 0 Å². The Morgan fingerprint density at radius 1 is 0.971 bits per heavy atom. The van der Waals surface area contributed by atoms with Crippen molar-refractivity contribution in [1.29, 1.82) is 0 Å². The van der Waals surface area contributed by atoms with Gasteiger partial charge in [0.1, 0.15) is 0 Å². The van der Waals surface area contributed by atoms with Crippen molar-refractivity contribution in [2.45, 2.75) is 71.5 Å². The summed E-state index contributed by atoms with van der Waals surface area (Å²) in [5, 5.41) is 8.77. The van der Waals surface area contributed by atoms with Crippen molar-refractivity contribution in [3.63, 3.8) is 0 Å². The molecule has 0 radical (unpaired) electrons. The van der Waals surface area contributed by atoms with Gasteiger partial charge < -0.3 is 27.5 Å². The molecular formula is C24H44O7Si3. The summed E-state index contributed by atoms with van der Waals surface area (Å²) >= 11 is 0. The lowest BCUT2D eigenvalue weighted by atomic mass is 9.88. The minimum absolute atomic E-state index is 0.353. The zero-order valence-electron chi connectivity index (χ0n) is 23.0. The van der Waals surface area contributed by atoms with Crippen molar-refractivity contribution in [2.75, 3.05) is 21.3 Å². The number of hydrogen-bond donors (Lipinski definition) is 1. The summed E-state index contributed by atoms with van der Waals surface area (Å²) in [6.07, 6.45) is 3.43. The summed E-state index contributed by atoms with van der Waals surface area (Å²) in [4.78, 5) is 11.3. The molecule has 1 N–H and O–H groups in total. The molecule has 1 rings (SSSR count). The third-order valence-corrected chi connectivity index (χ3v) is 14.1. The maximum absolute atomic E-state index is 11.3. The van der Waals surface area contributed by atoms with Crippen LogP contribution in [0, 0.1) is 5.92 Å². The Morgan fingerprint density at radius 2 is 1.44 bits per heavy atom. The number of benzene rings is 1. The van der Waals surface area contributed by atoms with E-state index in [1.54, 1.807) is 14.2 Å². The molecule has 34 heavy (non-hydrogen) atoms. The van der Waals surface area contributed by atoms with E-state index in [0.29, 0.717) is 28.7 Å². The first kappa shape index (κ1) is 30.4. The average Bonchev–Trinajstić information content (AvgIpc) is 2.67. The van der Waals surface area contributed by atoms with E-state index < -0.39 is 36.9 Å². The lowest BCUT2D eigenvalue weighted by Crippen LogP contribution is -2.55. The van der Waals surface area contributed by atoms with Crippen molar-refractivity contribution in [1.82, 2.24) is 0 Å². The van der Waals surface area contributed by atoms with Crippen LogP contribution in [0.1, 0.15) is 38.3 Å². The van der Waals surface area contributed by atoms with Crippen molar-refractivity contribution in [3.8, 4) is 17.2 Å². The van der Waals surface area contributed by atoms with Gasteiger partial charge in [0.15, 0.2) is 28.1 Å². The molecular weight excluding hydrogens is 485 g/mol. The predicted molar refractivity (Wildman–Crippen MR) is 146 cm³/mol. The Morgan fingerprint density at radius 3 is 1.79 bits per heavy atom. The lowest BCUT2D eigenvalue weighted by Gasteiger charge is -2.43. The summed E-state index contributed by atoms with van der Waals surface area (Å²) in [5.74, 6) is 0.719. The highest BCUT2D eigenvalue weighted by Gasteiger charge is 2.47. The number of carboxylic acid groups (broad SMARTS) is 1. The Balaban J connectivity index is 4.07. The first-order valence-electron chi connectivity index (χ1n) is 11.6. The number of carbonyl (C=O) groups is 1. The Hall–Kier alpha value is -1.60. The molecule has 0 heterocycles. The van der Waals surface area contributed by atoms with Crippen LogP contribution >= 0.6 is 0 Å². The van der Waals surface area contributed by atoms with Crippen LogP contribution in [0.4, 0.5) is 0 Å². The minimum atomic E-state index is -2.35. The number of methoxy groups -OCH3 is 3. The van der Waals surface area contributed by atoms with Gasteiger partial charge in [0.25, 0.3) is 0 Å². The number of aliphatic carboxylic acids is 1. The van der Waals surface area contributed by atoms with Crippen molar-refractivity contribution in [2.24, 2.45) is 5.92 Å². The summed E-state index contributed by atoms with van der Waals surface area (Å²) in [5.41, 5.74) is 1.49. The highest BCUT2D eigenvalue weighted by molar-refractivity contribution is 6.81. The maximum Gasteiger partial charge on any atom is 0.328 e. The molecule has 7 nitrogen and oxygen atoms in total. The Kier molecular flexibility index (Phi) is 10.6. The first-order valence-corrected chi connectivity index (χ1v) is 19.9. The second kappa shape index (κ2) is 11.9. The third kappa shape index (κ3) is 8.26. The van der Waals surface area contributed by atoms with Gasteiger partial charge in [0.05, 0.1) is 21.3 Å². The van der Waals surface area contributed by atoms with E-state index in [2.05, 4.69) is 60.1 Å². The van der Waals surface area contributed by atoms with Gasteiger partial charge in [0.2, 0.25) is 5.75 Å². The second-order valence-electron chi connectivity index (χ2n) is 11.1. The molecule has 0 fully saturated rings.